The SMILES string of the molecule is O=C(NC1CC(F)(F)C1)c1cc(Br)ccc1I. The normalized spacial score (nSPS) is 18.6. The highest BCUT2D eigenvalue weighted by atomic mass is 127. The number of alkyl halides is 2. The summed E-state index contributed by atoms with van der Waals surface area (Å²) in [5.41, 5.74) is 0.509. The van der Waals surface area contributed by atoms with E-state index in [1.54, 1.807) is 12.1 Å². The lowest BCUT2D eigenvalue weighted by Crippen LogP contribution is -2.50. The zero-order valence-electron chi connectivity index (χ0n) is 8.64. The highest BCUT2D eigenvalue weighted by Crippen LogP contribution is 2.37. The number of hydrogen-bond acceptors (Lipinski definition) is 1. The molecule has 0 unspecified atom stereocenters. The molecule has 0 saturated heterocycles. The van der Waals surface area contributed by atoms with Crippen LogP contribution in [0.3, 0.4) is 0 Å². The van der Waals surface area contributed by atoms with Gasteiger partial charge in [0.05, 0.1) is 5.56 Å². The monoisotopic (exact) mass is 415 g/mol. The summed E-state index contributed by atoms with van der Waals surface area (Å²) in [6.45, 7) is 0. The van der Waals surface area contributed by atoms with Crippen LogP contribution in [-0.4, -0.2) is 17.9 Å². The predicted octanol–water partition coefficient (Wildman–Crippen LogP) is 3.58. The summed E-state index contributed by atoms with van der Waals surface area (Å²) in [4.78, 5) is 11.9. The van der Waals surface area contributed by atoms with Crippen LogP contribution in [-0.2, 0) is 0 Å². The first-order chi connectivity index (χ1) is 7.87. The molecule has 1 aromatic rings. The lowest BCUT2D eigenvalue weighted by Gasteiger charge is -2.35. The Kier molecular flexibility index (Phi) is 3.72. The summed E-state index contributed by atoms with van der Waals surface area (Å²) in [5, 5.41) is 2.61. The minimum absolute atomic E-state index is 0.261. The van der Waals surface area contributed by atoms with E-state index in [1.807, 2.05) is 28.7 Å². The van der Waals surface area contributed by atoms with Crippen molar-refractivity contribution >= 4 is 44.4 Å². The van der Waals surface area contributed by atoms with Crippen LogP contribution in [0.4, 0.5) is 8.78 Å². The summed E-state index contributed by atoms with van der Waals surface area (Å²) < 4.78 is 26.8. The van der Waals surface area contributed by atoms with E-state index in [0.29, 0.717) is 5.56 Å². The minimum Gasteiger partial charge on any atom is -0.349 e. The van der Waals surface area contributed by atoms with Crippen LogP contribution in [0.25, 0.3) is 0 Å². The fourth-order valence-corrected chi connectivity index (χ4v) is 2.64. The molecule has 1 saturated carbocycles. The molecule has 1 N–H and O–H groups in total. The Morgan fingerprint density at radius 2 is 2.12 bits per heavy atom. The molecule has 1 aliphatic carbocycles. The summed E-state index contributed by atoms with van der Waals surface area (Å²) in [5.74, 6) is -2.90. The molecule has 1 aliphatic rings. The molecule has 0 radical (unpaired) electrons. The van der Waals surface area contributed by atoms with E-state index in [1.165, 1.54) is 0 Å². The van der Waals surface area contributed by atoms with Crippen molar-refractivity contribution in [2.75, 3.05) is 0 Å². The highest BCUT2D eigenvalue weighted by Gasteiger charge is 2.46. The van der Waals surface area contributed by atoms with Crippen LogP contribution >= 0.6 is 38.5 Å². The second-order valence-electron chi connectivity index (χ2n) is 4.06. The zero-order valence-corrected chi connectivity index (χ0v) is 12.4. The number of benzene rings is 1. The Labute approximate surface area is 119 Å². The third-order valence-electron chi connectivity index (χ3n) is 2.60. The molecule has 0 bridgehead atoms. The van der Waals surface area contributed by atoms with Crippen LogP contribution in [0.5, 0.6) is 0 Å². The molecule has 2 nitrogen and oxygen atoms in total. The predicted molar refractivity (Wildman–Crippen MR) is 72.3 cm³/mol. The van der Waals surface area contributed by atoms with E-state index in [9.17, 15) is 13.6 Å². The van der Waals surface area contributed by atoms with Gasteiger partial charge in [-0.15, -0.1) is 0 Å². The van der Waals surface area contributed by atoms with Gasteiger partial charge in [0.1, 0.15) is 0 Å². The third-order valence-corrected chi connectivity index (χ3v) is 4.03. The molecule has 2 rings (SSSR count). The Morgan fingerprint density at radius 3 is 2.71 bits per heavy atom. The standard InChI is InChI=1S/C11H9BrF2INO/c12-6-1-2-9(15)8(3-6)10(17)16-7-4-11(13,14)5-7/h1-3,7H,4-5H2,(H,16,17). The second-order valence-corrected chi connectivity index (χ2v) is 6.14. The number of carbonyl (C=O) groups excluding carboxylic acids is 1. The summed E-state index contributed by atoms with van der Waals surface area (Å²) in [6, 6.07) is 4.91. The number of hydrogen-bond donors (Lipinski definition) is 1. The van der Waals surface area contributed by atoms with Gasteiger partial charge in [-0.05, 0) is 40.8 Å². The second kappa shape index (κ2) is 4.79. The zero-order chi connectivity index (χ0) is 12.6. The van der Waals surface area contributed by atoms with Crippen molar-refractivity contribution in [3.8, 4) is 0 Å². The maximum Gasteiger partial charge on any atom is 0.252 e. The molecule has 1 amide bonds. The summed E-state index contributed by atoms with van der Waals surface area (Å²) >= 11 is 5.32. The van der Waals surface area contributed by atoms with Crippen LogP contribution in [0, 0.1) is 3.57 Å². The number of nitrogens with one attached hydrogen (secondary N) is 1. The van der Waals surface area contributed by atoms with Gasteiger partial charge in [-0.1, -0.05) is 15.9 Å². The number of rotatable bonds is 2. The molecular formula is C11H9BrF2INO. The van der Waals surface area contributed by atoms with E-state index in [4.69, 9.17) is 0 Å². The first-order valence-corrected chi connectivity index (χ1v) is 6.88. The highest BCUT2D eigenvalue weighted by molar-refractivity contribution is 14.1. The van der Waals surface area contributed by atoms with E-state index >= 15 is 0 Å². The van der Waals surface area contributed by atoms with Crippen molar-refractivity contribution in [1.82, 2.24) is 5.32 Å². The van der Waals surface area contributed by atoms with Crippen LogP contribution < -0.4 is 5.32 Å². The fraction of sp³-hybridized carbons (Fsp3) is 0.364. The van der Waals surface area contributed by atoms with Crippen LogP contribution in [0.1, 0.15) is 23.2 Å². The van der Waals surface area contributed by atoms with Crippen molar-refractivity contribution in [2.24, 2.45) is 0 Å². The Bertz CT molecular complexity index is 459. The summed E-state index contributed by atoms with van der Waals surface area (Å²) in [7, 11) is 0. The van der Waals surface area contributed by atoms with E-state index in [2.05, 4.69) is 21.2 Å². The van der Waals surface area contributed by atoms with Crippen molar-refractivity contribution in [3.05, 3.63) is 31.8 Å². The first-order valence-electron chi connectivity index (χ1n) is 5.01. The number of carbonyl (C=O) groups is 1. The lowest BCUT2D eigenvalue weighted by molar-refractivity contribution is -0.0901. The van der Waals surface area contributed by atoms with Gasteiger partial charge in [0.25, 0.3) is 11.8 Å². The topological polar surface area (TPSA) is 29.1 Å². The van der Waals surface area contributed by atoms with E-state index in [0.717, 1.165) is 8.04 Å². The molecule has 0 aliphatic heterocycles. The van der Waals surface area contributed by atoms with Crippen LogP contribution in [0.15, 0.2) is 22.7 Å². The molecular weight excluding hydrogens is 407 g/mol. The molecule has 1 fully saturated rings. The smallest absolute Gasteiger partial charge is 0.252 e. The van der Waals surface area contributed by atoms with Crippen molar-refractivity contribution in [3.63, 3.8) is 0 Å². The van der Waals surface area contributed by atoms with Gasteiger partial charge >= 0.3 is 0 Å². The average Bonchev–Trinajstić information content (AvgIpc) is 2.19. The molecule has 17 heavy (non-hydrogen) atoms. The van der Waals surface area contributed by atoms with Gasteiger partial charge in [-0.3, -0.25) is 4.79 Å². The largest absolute Gasteiger partial charge is 0.349 e. The van der Waals surface area contributed by atoms with Crippen molar-refractivity contribution in [2.45, 2.75) is 24.8 Å². The Morgan fingerprint density at radius 1 is 1.47 bits per heavy atom. The third kappa shape index (κ3) is 3.15. The lowest BCUT2D eigenvalue weighted by atomic mass is 9.88. The van der Waals surface area contributed by atoms with Gasteiger partial charge in [0, 0.05) is 26.9 Å². The van der Waals surface area contributed by atoms with Gasteiger partial charge < -0.3 is 5.32 Å². The van der Waals surface area contributed by atoms with E-state index in [-0.39, 0.29) is 18.7 Å². The fourth-order valence-electron chi connectivity index (χ4n) is 1.70. The van der Waals surface area contributed by atoms with Crippen molar-refractivity contribution in [1.29, 1.82) is 0 Å². The number of halogens is 4. The van der Waals surface area contributed by atoms with E-state index < -0.39 is 12.0 Å². The Balaban J connectivity index is 2.03. The minimum atomic E-state index is -2.61. The van der Waals surface area contributed by atoms with Gasteiger partial charge in [-0.25, -0.2) is 8.78 Å². The Hall–Kier alpha value is -0.240. The summed E-state index contributed by atoms with van der Waals surface area (Å²) in [6.07, 6.45) is -0.521. The molecule has 0 aromatic heterocycles. The maximum atomic E-state index is 12.6. The molecule has 0 heterocycles. The molecule has 0 atom stereocenters. The maximum absolute atomic E-state index is 12.6. The molecule has 0 spiro atoms. The van der Waals surface area contributed by atoms with Crippen LogP contribution in [0.2, 0.25) is 0 Å². The van der Waals surface area contributed by atoms with Gasteiger partial charge in [0.15, 0.2) is 0 Å². The van der Waals surface area contributed by atoms with Crippen molar-refractivity contribution < 1.29 is 13.6 Å². The van der Waals surface area contributed by atoms with Gasteiger partial charge in [-0.2, -0.15) is 0 Å². The average molecular weight is 416 g/mol. The number of amides is 1. The quantitative estimate of drug-likeness (QED) is 0.735. The molecule has 6 heteroatoms. The molecule has 92 valence electrons. The van der Waals surface area contributed by atoms with Gasteiger partial charge in [0.2, 0.25) is 0 Å². The molecule has 1 aromatic carbocycles. The first kappa shape index (κ1) is 13.2.